The fourth-order valence-electron chi connectivity index (χ4n) is 2.06. The van der Waals surface area contributed by atoms with Gasteiger partial charge in [-0.05, 0) is 29.8 Å². The molecule has 21 heavy (non-hydrogen) atoms. The third-order valence-corrected chi connectivity index (χ3v) is 3.09. The SMILES string of the molecule is C1=Cc2ccccc2NN=C1.c1ccc2ncccc2c1. The van der Waals surface area contributed by atoms with Crippen molar-refractivity contribution in [1.82, 2.24) is 4.98 Å². The van der Waals surface area contributed by atoms with E-state index in [1.165, 1.54) is 10.9 Å². The Hall–Kier alpha value is -2.94. The van der Waals surface area contributed by atoms with Crippen LogP contribution in [0.15, 0.2) is 78.0 Å². The molecule has 0 saturated carbocycles. The van der Waals surface area contributed by atoms with Crippen molar-refractivity contribution in [2.75, 3.05) is 5.43 Å². The minimum Gasteiger partial charge on any atom is -0.278 e. The van der Waals surface area contributed by atoms with Gasteiger partial charge in [-0.25, -0.2) is 0 Å². The van der Waals surface area contributed by atoms with Crippen LogP contribution in [0.2, 0.25) is 0 Å². The third kappa shape index (κ3) is 3.34. The molecule has 1 aliphatic heterocycles. The summed E-state index contributed by atoms with van der Waals surface area (Å²) in [5, 5.41) is 5.15. The van der Waals surface area contributed by atoms with Crippen LogP contribution in [0, 0.1) is 0 Å². The van der Waals surface area contributed by atoms with E-state index in [4.69, 9.17) is 0 Å². The summed E-state index contributed by atoms with van der Waals surface area (Å²) in [6, 6.07) is 20.1. The normalized spacial score (nSPS) is 11.8. The Kier molecular flexibility index (Phi) is 4.03. The molecule has 0 amide bonds. The molecule has 102 valence electrons. The number of para-hydroxylation sites is 2. The summed E-state index contributed by atoms with van der Waals surface area (Å²) in [5.41, 5.74) is 6.22. The number of nitrogens with one attached hydrogen (secondary N) is 1. The third-order valence-electron chi connectivity index (χ3n) is 3.09. The highest BCUT2D eigenvalue weighted by molar-refractivity contribution is 5.83. The molecule has 1 aliphatic rings. The molecular weight excluding hydrogens is 258 g/mol. The Morgan fingerprint density at radius 2 is 1.62 bits per heavy atom. The fraction of sp³-hybridized carbons (Fsp3) is 0. The van der Waals surface area contributed by atoms with Gasteiger partial charge in [0.1, 0.15) is 0 Å². The first kappa shape index (κ1) is 13.1. The van der Waals surface area contributed by atoms with Gasteiger partial charge in [-0.1, -0.05) is 48.5 Å². The highest BCUT2D eigenvalue weighted by atomic mass is 15.3. The van der Waals surface area contributed by atoms with Crippen molar-refractivity contribution in [2.24, 2.45) is 5.10 Å². The molecule has 2 heterocycles. The van der Waals surface area contributed by atoms with Crippen LogP contribution in [0.25, 0.3) is 17.0 Å². The number of anilines is 1. The van der Waals surface area contributed by atoms with Crippen LogP contribution >= 0.6 is 0 Å². The molecule has 0 aliphatic carbocycles. The molecule has 0 fully saturated rings. The molecule has 0 saturated heterocycles. The lowest BCUT2D eigenvalue weighted by Gasteiger charge is -2.00. The second-order valence-electron chi connectivity index (χ2n) is 4.53. The van der Waals surface area contributed by atoms with Gasteiger partial charge >= 0.3 is 0 Å². The molecule has 4 rings (SSSR count). The van der Waals surface area contributed by atoms with Crippen molar-refractivity contribution in [1.29, 1.82) is 0 Å². The van der Waals surface area contributed by atoms with Gasteiger partial charge in [-0.3, -0.25) is 10.4 Å². The first-order valence-electron chi connectivity index (χ1n) is 6.78. The van der Waals surface area contributed by atoms with Crippen molar-refractivity contribution in [2.45, 2.75) is 0 Å². The lowest BCUT2D eigenvalue weighted by atomic mass is 10.2. The first-order chi connectivity index (χ1) is 10.4. The Morgan fingerprint density at radius 3 is 2.57 bits per heavy atom. The minimum atomic E-state index is 1.05. The largest absolute Gasteiger partial charge is 0.278 e. The summed E-state index contributed by atoms with van der Waals surface area (Å²) < 4.78 is 0. The number of allylic oxidation sites excluding steroid dienone is 1. The van der Waals surface area contributed by atoms with Crippen LogP contribution in [0.5, 0.6) is 0 Å². The van der Waals surface area contributed by atoms with Gasteiger partial charge < -0.3 is 0 Å². The molecule has 0 bridgehead atoms. The average molecular weight is 273 g/mol. The number of nitrogens with zero attached hydrogens (tertiary/aromatic N) is 2. The van der Waals surface area contributed by atoms with Crippen LogP contribution < -0.4 is 5.43 Å². The molecule has 2 aromatic carbocycles. The Labute approximate surface area is 123 Å². The monoisotopic (exact) mass is 273 g/mol. The van der Waals surface area contributed by atoms with Gasteiger partial charge in [-0.15, -0.1) is 0 Å². The second-order valence-corrected chi connectivity index (χ2v) is 4.53. The van der Waals surface area contributed by atoms with E-state index in [-0.39, 0.29) is 0 Å². The lowest BCUT2D eigenvalue weighted by molar-refractivity contribution is 1.36. The zero-order chi connectivity index (χ0) is 14.3. The fourth-order valence-corrected chi connectivity index (χ4v) is 2.06. The highest BCUT2D eigenvalue weighted by Crippen LogP contribution is 2.17. The maximum atomic E-state index is 4.18. The van der Waals surface area contributed by atoms with E-state index < -0.39 is 0 Å². The molecule has 3 heteroatoms. The molecule has 3 aromatic rings. The molecule has 0 radical (unpaired) electrons. The number of rotatable bonds is 0. The van der Waals surface area contributed by atoms with Crippen LogP contribution in [0.4, 0.5) is 5.69 Å². The quantitative estimate of drug-likeness (QED) is 0.661. The summed E-state index contributed by atoms with van der Waals surface area (Å²) in [6.45, 7) is 0. The van der Waals surface area contributed by atoms with Gasteiger partial charge in [0.15, 0.2) is 0 Å². The van der Waals surface area contributed by atoms with Gasteiger partial charge in [-0.2, -0.15) is 5.10 Å². The van der Waals surface area contributed by atoms with Crippen LogP contribution in [-0.2, 0) is 0 Å². The number of hydrogen-bond donors (Lipinski definition) is 1. The zero-order valence-electron chi connectivity index (χ0n) is 11.5. The van der Waals surface area contributed by atoms with Gasteiger partial charge in [0, 0.05) is 17.8 Å². The van der Waals surface area contributed by atoms with E-state index >= 15 is 0 Å². The van der Waals surface area contributed by atoms with Crippen molar-refractivity contribution < 1.29 is 0 Å². The number of pyridine rings is 1. The summed E-state index contributed by atoms with van der Waals surface area (Å²) >= 11 is 0. The van der Waals surface area contributed by atoms with Crippen LogP contribution in [0.3, 0.4) is 0 Å². The summed E-state index contributed by atoms with van der Waals surface area (Å²) in [6.07, 6.45) is 7.49. The second kappa shape index (κ2) is 6.48. The maximum absolute atomic E-state index is 4.18. The van der Waals surface area contributed by atoms with Crippen molar-refractivity contribution >= 4 is 28.9 Å². The Bertz CT molecular complexity index is 726. The number of benzene rings is 2. The van der Waals surface area contributed by atoms with Crippen molar-refractivity contribution in [3.8, 4) is 0 Å². The summed E-state index contributed by atoms with van der Waals surface area (Å²) in [7, 11) is 0. The lowest BCUT2D eigenvalue weighted by Crippen LogP contribution is -1.87. The highest BCUT2D eigenvalue weighted by Gasteiger charge is 1.96. The molecule has 0 spiro atoms. The number of hydrazone groups is 1. The van der Waals surface area contributed by atoms with Crippen LogP contribution in [0.1, 0.15) is 5.56 Å². The molecule has 0 atom stereocenters. The average Bonchev–Trinajstić information content (AvgIpc) is 2.81. The van der Waals surface area contributed by atoms with E-state index in [1.807, 2.05) is 66.9 Å². The van der Waals surface area contributed by atoms with Gasteiger partial charge in [0.25, 0.3) is 0 Å². The van der Waals surface area contributed by atoms with Crippen molar-refractivity contribution in [3.63, 3.8) is 0 Å². The zero-order valence-corrected chi connectivity index (χ0v) is 11.5. The predicted octanol–water partition coefficient (Wildman–Crippen LogP) is 4.35. The number of fused-ring (bicyclic) bond motifs is 2. The smallest absolute Gasteiger partial charge is 0.0701 e. The number of aromatic nitrogens is 1. The van der Waals surface area contributed by atoms with Gasteiger partial charge in [0.05, 0.1) is 11.2 Å². The standard InChI is InChI=1S/C9H8N2.C9H7N/c1-2-6-9-8(4-1)5-3-7-10-11-9;1-2-6-9-8(4-1)5-3-7-10-9/h1-7,11H;1-7H. The van der Waals surface area contributed by atoms with E-state index in [1.54, 1.807) is 6.21 Å². The Balaban J connectivity index is 0.000000126. The molecule has 0 unspecified atom stereocenters. The molecule has 3 nitrogen and oxygen atoms in total. The van der Waals surface area contributed by atoms with E-state index in [0.717, 1.165) is 11.2 Å². The van der Waals surface area contributed by atoms with E-state index in [0.29, 0.717) is 0 Å². The summed E-state index contributed by atoms with van der Waals surface area (Å²) in [5.74, 6) is 0. The first-order valence-corrected chi connectivity index (χ1v) is 6.78. The van der Waals surface area contributed by atoms with E-state index in [9.17, 15) is 0 Å². The molecule has 1 aromatic heterocycles. The summed E-state index contributed by atoms with van der Waals surface area (Å²) in [4.78, 5) is 4.18. The molecular formula is C18H15N3. The Morgan fingerprint density at radius 1 is 0.810 bits per heavy atom. The molecule has 1 N–H and O–H groups in total. The maximum Gasteiger partial charge on any atom is 0.0701 e. The van der Waals surface area contributed by atoms with Crippen molar-refractivity contribution in [3.05, 3.63) is 78.5 Å². The topological polar surface area (TPSA) is 37.3 Å². The minimum absolute atomic E-state index is 1.05. The predicted molar refractivity (Wildman–Crippen MR) is 89.3 cm³/mol. The van der Waals surface area contributed by atoms with E-state index in [2.05, 4.69) is 27.6 Å². The number of hydrogen-bond acceptors (Lipinski definition) is 3. The van der Waals surface area contributed by atoms with Gasteiger partial charge in [0.2, 0.25) is 0 Å². The van der Waals surface area contributed by atoms with Crippen LogP contribution in [-0.4, -0.2) is 11.2 Å².